The molecule has 3 N–H and O–H groups in total. The van der Waals surface area contributed by atoms with Crippen molar-refractivity contribution in [3.63, 3.8) is 0 Å². The number of allylic oxidation sites excluding steroid dienone is 34. The summed E-state index contributed by atoms with van der Waals surface area (Å²) in [6.07, 6.45) is 101. The number of hydrogen-bond donors (Lipinski definition) is 3. The predicted octanol–water partition coefficient (Wildman–Crippen LogP) is 24.7. The van der Waals surface area contributed by atoms with E-state index >= 15 is 0 Å². The summed E-state index contributed by atoms with van der Waals surface area (Å²) in [5.74, 6) is -2.39. The molecule has 0 saturated heterocycles. The van der Waals surface area contributed by atoms with Crippen LogP contribution in [0.5, 0.6) is 0 Å². The molecule has 19 heteroatoms. The van der Waals surface area contributed by atoms with Crippen molar-refractivity contribution in [1.29, 1.82) is 0 Å². The highest BCUT2D eigenvalue weighted by molar-refractivity contribution is 7.47. The molecule has 0 bridgehead atoms. The van der Waals surface area contributed by atoms with Crippen LogP contribution in [0.2, 0.25) is 0 Å². The third-order valence-electron chi connectivity index (χ3n) is 16.2. The van der Waals surface area contributed by atoms with Crippen LogP contribution in [-0.4, -0.2) is 96.7 Å². The van der Waals surface area contributed by atoms with Crippen molar-refractivity contribution in [3.8, 4) is 0 Å². The van der Waals surface area contributed by atoms with E-state index in [2.05, 4.69) is 204 Å². The van der Waals surface area contributed by atoms with Crippen LogP contribution in [0.4, 0.5) is 0 Å². The van der Waals surface area contributed by atoms with E-state index in [1.807, 2.05) is 30.4 Å². The standard InChI is InChI=1S/C91H144O17P2/c1-5-9-13-17-21-25-29-33-37-40-42-45-48-51-55-59-63-67-71-75-88(93)101-81-86(107-90(95)77-73-69-65-61-57-53-47-36-32-28-24-20-16-12-8-4)83-105-109(97,98)103-79-85(92)80-104-110(99,100)106-84-87(108-91(96)78-74-70-66-62-58-54-50-44-39-35-31-27-23-19-15-11-7-3)82-102-89(94)76-72-68-64-60-56-52-49-46-43-41-38-34-30-26-22-18-14-10-6-2/h9-11,13-15,21-28,33-39,42-43,45-47,50,52,54,56,62,64,66,68,85-87,92H,5-8,12,16-20,29-32,40-41,44,48-49,51,53,55,57-61,63,65,67,69-84H2,1-4H3,(H,97,98)(H,99,100)/b13-9-,14-10-,15-11-,25-21-,26-22-,27-23-,28-24-,37-33-,38-34-,39-35-,45-42-,46-43-,47-36-,54-50-,56-52-,66-62-,68-64-. The normalized spacial score (nSPS) is 14.9. The molecular formula is C91H144O17P2. The van der Waals surface area contributed by atoms with Gasteiger partial charge in [-0.05, 0) is 173 Å². The Labute approximate surface area is 665 Å². The molecule has 620 valence electrons. The fraction of sp³-hybridized carbons (Fsp3) is 0.582. The number of ether oxygens (including phenoxy) is 4. The van der Waals surface area contributed by atoms with Crippen molar-refractivity contribution in [3.05, 3.63) is 207 Å². The van der Waals surface area contributed by atoms with Gasteiger partial charge in [-0.15, -0.1) is 0 Å². The van der Waals surface area contributed by atoms with Gasteiger partial charge in [-0.25, -0.2) is 9.13 Å². The molecule has 0 amide bonds. The number of rotatable bonds is 75. The Morgan fingerprint density at radius 3 is 0.818 bits per heavy atom. The van der Waals surface area contributed by atoms with Gasteiger partial charge in [0.1, 0.15) is 19.3 Å². The summed E-state index contributed by atoms with van der Waals surface area (Å²) in [7, 11) is -10.0. The monoisotopic (exact) mass is 1570 g/mol. The van der Waals surface area contributed by atoms with E-state index in [0.29, 0.717) is 38.5 Å². The molecule has 0 aromatic rings. The van der Waals surface area contributed by atoms with Crippen LogP contribution in [0, 0.1) is 0 Å². The average molecular weight is 1570 g/mol. The molecule has 0 aliphatic rings. The van der Waals surface area contributed by atoms with E-state index in [-0.39, 0.29) is 25.7 Å². The lowest BCUT2D eigenvalue weighted by molar-refractivity contribution is -0.161. The minimum Gasteiger partial charge on any atom is -0.462 e. The Hall–Kier alpha value is -6.36. The molecule has 5 unspecified atom stereocenters. The first-order valence-electron chi connectivity index (χ1n) is 41.3. The maximum Gasteiger partial charge on any atom is 0.472 e. The molecule has 0 aliphatic carbocycles. The zero-order chi connectivity index (χ0) is 80.3. The topological polar surface area (TPSA) is 237 Å². The second-order valence-electron chi connectivity index (χ2n) is 26.6. The summed E-state index contributed by atoms with van der Waals surface area (Å²) in [6, 6.07) is 0. The van der Waals surface area contributed by atoms with Gasteiger partial charge >= 0.3 is 39.5 Å². The lowest BCUT2D eigenvalue weighted by Crippen LogP contribution is -2.30. The third-order valence-corrected chi connectivity index (χ3v) is 18.1. The summed E-state index contributed by atoms with van der Waals surface area (Å²) in [6.45, 7) is 4.30. The maximum absolute atomic E-state index is 13.1. The van der Waals surface area contributed by atoms with Gasteiger partial charge in [-0.1, -0.05) is 292 Å². The maximum atomic E-state index is 13.1. The highest BCUT2D eigenvalue weighted by Gasteiger charge is 2.30. The average Bonchev–Trinajstić information content (AvgIpc) is 0.906. The second-order valence-corrected chi connectivity index (χ2v) is 29.5. The molecular weight excluding hydrogens is 1430 g/mol. The first kappa shape index (κ1) is 104. The first-order chi connectivity index (χ1) is 53.7. The van der Waals surface area contributed by atoms with E-state index in [0.717, 1.165) is 173 Å². The fourth-order valence-corrected chi connectivity index (χ4v) is 11.6. The molecule has 5 atom stereocenters. The highest BCUT2D eigenvalue weighted by Crippen LogP contribution is 2.45. The number of phosphoric acid groups is 2. The highest BCUT2D eigenvalue weighted by atomic mass is 31.2. The number of carbonyl (C=O) groups is 4. The van der Waals surface area contributed by atoms with Crippen molar-refractivity contribution >= 4 is 39.5 Å². The summed E-state index contributed by atoms with van der Waals surface area (Å²) < 4.78 is 68.6. The zero-order valence-corrected chi connectivity index (χ0v) is 69.6. The zero-order valence-electron chi connectivity index (χ0n) is 67.8. The number of phosphoric ester groups is 2. The van der Waals surface area contributed by atoms with Gasteiger partial charge in [0.25, 0.3) is 0 Å². The molecule has 0 radical (unpaired) electrons. The van der Waals surface area contributed by atoms with Crippen molar-refractivity contribution in [1.82, 2.24) is 0 Å². The molecule has 0 fully saturated rings. The van der Waals surface area contributed by atoms with Crippen molar-refractivity contribution in [2.45, 2.75) is 303 Å². The molecule has 0 aliphatic heterocycles. The van der Waals surface area contributed by atoms with Gasteiger partial charge in [0, 0.05) is 25.7 Å². The summed E-state index contributed by atoms with van der Waals surface area (Å²) >= 11 is 0. The van der Waals surface area contributed by atoms with Gasteiger partial charge in [0.05, 0.1) is 26.4 Å². The first-order valence-corrected chi connectivity index (χ1v) is 44.3. The number of unbranched alkanes of at least 4 members (excludes halogenated alkanes) is 15. The third kappa shape index (κ3) is 79.7. The molecule has 0 saturated carbocycles. The van der Waals surface area contributed by atoms with E-state index in [1.165, 1.54) is 19.3 Å². The lowest BCUT2D eigenvalue weighted by atomic mass is 10.1. The number of carbonyl (C=O) groups excluding carboxylic acids is 4. The molecule has 110 heavy (non-hydrogen) atoms. The second kappa shape index (κ2) is 80.7. The molecule has 0 heterocycles. The minimum absolute atomic E-state index is 0.00847. The molecule has 0 aromatic heterocycles. The van der Waals surface area contributed by atoms with E-state index < -0.39 is 97.5 Å². The van der Waals surface area contributed by atoms with Crippen LogP contribution < -0.4 is 0 Å². The Morgan fingerprint density at radius 2 is 0.500 bits per heavy atom. The van der Waals surface area contributed by atoms with Crippen LogP contribution in [0.1, 0.15) is 285 Å². The number of aliphatic hydroxyl groups is 1. The van der Waals surface area contributed by atoms with E-state index in [1.54, 1.807) is 0 Å². The van der Waals surface area contributed by atoms with Crippen molar-refractivity contribution in [2.24, 2.45) is 0 Å². The van der Waals surface area contributed by atoms with E-state index in [4.69, 9.17) is 37.0 Å². The smallest absolute Gasteiger partial charge is 0.462 e. The molecule has 17 nitrogen and oxygen atoms in total. The fourth-order valence-electron chi connectivity index (χ4n) is 10.1. The van der Waals surface area contributed by atoms with Crippen molar-refractivity contribution in [2.75, 3.05) is 39.6 Å². The molecule has 0 spiro atoms. The molecule has 0 rings (SSSR count). The van der Waals surface area contributed by atoms with Crippen LogP contribution >= 0.6 is 15.6 Å². The van der Waals surface area contributed by atoms with Gasteiger partial charge < -0.3 is 33.8 Å². The Bertz CT molecular complexity index is 2900. The van der Waals surface area contributed by atoms with Gasteiger partial charge in [0.15, 0.2) is 12.2 Å². The SMILES string of the molecule is CC/C=C\C/C=C\C/C=C\C/C=C\C/C=C\C/C=C\CCC(=O)OCC(COP(=O)(O)OCC(O)COP(=O)(O)OCC(COC(=O)CCCCCCCC/C=C\C/C=C\C/C=C\C/C=C\CC)OC(=O)CCCCCCC/C=C\C/C=C\CCCCC)OC(=O)CCC/C=C\C/C=C\C/C=C\C/C=C\C/C=C\CC. The van der Waals surface area contributed by atoms with E-state index in [9.17, 15) is 43.2 Å². The number of aliphatic hydroxyl groups excluding tert-OH is 1. The Balaban J connectivity index is 5.53. The van der Waals surface area contributed by atoms with Gasteiger partial charge in [0.2, 0.25) is 0 Å². The summed E-state index contributed by atoms with van der Waals surface area (Å²) in [5.41, 5.74) is 0. The van der Waals surface area contributed by atoms with Gasteiger partial charge in [-0.2, -0.15) is 0 Å². The largest absolute Gasteiger partial charge is 0.472 e. The molecule has 0 aromatic carbocycles. The number of hydrogen-bond acceptors (Lipinski definition) is 15. The quantitative estimate of drug-likeness (QED) is 0.0169. The summed E-state index contributed by atoms with van der Waals surface area (Å²) in [4.78, 5) is 73.1. The predicted molar refractivity (Wildman–Crippen MR) is 454 cm³/mol. The number of esters is 4. The van der Waals surface area contributed by atoms with Crippen LogP contribution in [0.25, 0.3) is 0 Å². The van der Waals surface area contributed by atoms with Crippen LogP contribution in [0.15, 0.2) is 207 Å². The minimum atomic E-state index is -5.03. The summed E-state index contributed by atoms with van der Waals surface area (Å²) in [5, 5.41) is 10.7. The Kier molecular flexibility index (Phi) is 76.0. The van der Waals surface area contributed by atoms with Crippen LogP contribution in [-0.2, 0) is 65.4 Å². The van der Waals surface area contributed by atoms with Crippen LogP contribution in [0.3, 0.4) is 0 Å². The Morgan fingerprint density at radius 1 is 0.264 bits per heavy atom. The van der Waals surface area contributed by atoms with Crippen molar-refractivity contribution < 1.29 is 80.2 Å². The van der Waals surface area contributed by atoms with Gasteiger partial charge in [-0.3, -0.25) is 37.3 Å². The lowest BCUT2D eigenvalue weighted by Gasteiger charge is -2.21.